The van der Waals surface area contributed by atoms with Crippen LogP contribution < -0.4 is 10.6 Å². The number of ether oxygens (including phenoxy) is 1. The Labute approximate surface area is 127 Å². The molecular formula is C17H26N2O2. The van der Waals surface area contributed by atoms with E-state index in [2.05, 4.69) is 6.92 Å². The van der Waals surface area contributed by atoms with Crippen molar-refractivity contribution >= 4 is 17.3 Å². The first-order valence-electron chi connectivity index (χ1n) is 7.91. The van der Waals surface area contributed by atoms with Crippen LogP contribution in [-0.2, 0) is 9.53 Å². The highest BCUT2D eigenvalue weighted by atomic mass is 16.5. The third kappa shape index (κ3) is 4.21. The van der Waals surface area contributed by atoms with Crippen LogP contribution in [0.25, 0.3) is 0 Å². The van der Waals surface area contributed by atoms with Crippen LogP contribution in [0.1, 0.15) is 39.5 Å². The zero-order valence-electron chi connectivity index (χ0n) is 13.0. The molecule has 0 heterocycles. The zero-order valence-corrected chi connectivity index (χ0v) is 13.0. The predicted molar refractivity (Wildman–Crippen MR) is 86.3 cm³/mol. The Bertz CT molecular complexity index is 452. The van der Waals surface area contributed by atoms with Crippen molar-refractivity contribution in [2.24, 2.45) is 5.92 Å². The molecule has 4 nitrogen and oxygen atoms in total. The van der Waals surface area contributed by atoms with Gasteiger partial charge in [-0.25, -0.2) is 0 Å². The molecule has 2 N–H and O–H groups in total. The predicted octanol–water partition coefficient (Wildman–Crippen LogP) is 3.22. The first-order chi connectivity index (χ1) is 10.1. The average Bonchev–Trinajstić information content (AvgIpc) is 2.43. The molecule has 1 saturated carbocycles. The van der Waals surface area contributed by atoms with Gasteiger partial charge in [-0.15, -0.1) is 0 Å². The van der Waals surface area contributed by atoms with Gasteiger partial charge >= 0.3 is 0 Å². The average molecular weight is 290 g/mol. The number of nitrogens with two attached hydrogens (primary N) is 1. The van der Waals surface area contributed by atoms with Crippen molar-refractivity contribution in [1.82, 2.24) is 0 Å². The topological polar surface area (TPSA) is 55.6 Å². The van der Waals surface area contributed by atoms with Crippen LogP contribution in [0.15, 0.2) is 24.3 Å². The molecule has 2 rings (SSSR count). The summed E-state index contributed by atoms with van der Waals surface area (Å²) in [7, 11) is 0. The summed E-state index contributed by atoms with van der Waals surface area (Å²) in [4.78, 5) is 14.4. The Hall–Kier alpha value is -1.55. The maximum Gasteiger partial charge on any atom is 0.227 e. The second kappa shape index (κ2) is 7.46. The molecule has 0 atom stereocenters. The van der Waals surface area contributed by atoms with E-state index in [-0.39, 0.29) is 5.91 Å². The summed E-state index contributed by atoms with van der Waals surface area (Å²) in [5.74, 6) is 0.684. The molecule has 0 unspecified atom stereocenters. The quantitative estimate of drug-likeness (QED) is 0.784. The summed E-state index contributed by atoms with van der Waals surface area (Å²) in [6, 6.07) is 7.54. The van der Waals surface area contributed by atoms with Crippen LogP contribution in [-0.4, -0.2) is 25.2 Å². The van der Waals surface area contributed by atoms with Gasteiger partial charge in [-0.1, -0.05) is 6.92 Å². The normalized spacial score (nSPS) is 20.9. The van der Waals surface area contributed by atoms with Crippen molar-refractivity contribution in [3.8, 4) is 0 Å². The molecule has 1 fully saturated rings. The van der Waals surface area contributed by atoms with Gasteiger partial charge in [0.15, 0.2) is 0 Å². The third-order valence-corrected chi connectivity index (χ3v) is 4.01. The lowest BCUT2D eigenvalue weighted by Gasteiger charge is -2.35. The number of anilines is 2. The Morgan fingerprint density at radius 2 is 1.95 bits per heavy atom. The van der Waals surface area contributed by atoms with Crippen LogP contribution in [0, 0.1) is 5.92 Å². The number of hydrogen-bond donors (Lipinski definition) is 1. The van der Waals surface area contributed by atoms with E-state index < -0.39 is 0 Å². The van der Waals surface area contributed by atoms with Crippen molar-refractivity contribution in [2.45, 2.75) is 45.6 Å². The molecule has 1 aromatic rings. The fourth-order valence-electron chi connectivity index (χ4n) is 2.85. The van der Waals surface area contributed by atoms with Crippen molar-refractivity contribution < 1.29 is 9.53 Å². The largest absolute Gasteiger partial charge is 0.399 e. The third-order valence-electron chi connectivity index (χ3n) is 4.01. The maximum atomic E-state index is 12.5. The minimum absolute atomic E-state index is 0.210. The lowest BCUT2D eigenvalue weighted by atomic mass is 9.79. The Balaban J connectivity index is 1.92. The second-order valence-electron chi connectivity index (χ2n) is 5.76. The van der Waals surface area contributed by atoms with Crippen molar-refractivity contribution in [3.05, 3.63) is 24.3 Å². The monoisotopic (exact) mass is 290 g/mol. The first kappa shape index (κ1) is 15.8. The molecule has 1 aliphatic rings. The van der Waals surface area contributed by atoms with Crippen LogP contribution in [0.4, 0.5) is 11.4 Å². The highest BCUT2D eigenvalue weighted by molar-refractivity contribution is 5.93. The highest BCUT2D eigenvalue weighted by Crippen LogP contribution is 2.33. The van der Waals surface area contributed by atoms with Gasteiger partial charge in [-0.2, -0.15) is 0 Å². The number of carbonyl (C=O) groups excluding carboxylic acids is 1. The molecule has 0 aliphatic heterocycles. The Kier molecular flexibility index (Phi) is 5.62. The van der Waals surface area contributed by atoms with Gasteiger partial charge in [0.1, 0.15) is 0 Å². The lowest BCUT2D eigenvalue weighted by molar-refractivity contribution is -0.121. The number of hydrogen-bond acceptors (Lipinski definition) is 3. The van der Waals surface area contributed by atoms with Crippen molar-refractivity contribution in [1.29, 1.82) is 0 Å². The van der Waals surface area contributed by atoms with Gasteiger partial charge < -0.3 is 15.4 Å². The summed E-state index contributed by atoms with van der Waals surface area (Å²) in [6.45, 7) is 5.62. The minimum atomic E-state index is 0.210. The summed E-state index contributed by atoms with van der Waals surface area (Å²) < 4.78 is 5.56. The number of benzene rings is 1. The Morgan fingerprint density at radius 3 is 2.52 bits per heavy atom. The molecule has 4 heteroatoms. The van der Waals surface area contributed by atoms with Crippen LogP contribution >= 0.6 is 0 Å². The van der Waals surface area contributed by atoms with Gasteiger partial charge in [-0.05, 0) is 56.4 Å². The van der Waals surface area contributed by atoms with E-state index in [0.29, 0.717) is 18.4 Å². The summed E-state index contributed by atoms with van der Waals surface area (Å²) >= 11 is 0. The van der Waals surface area contributed by atoms with Gasteiger partial charge in [0.2, 0.25) is 5.91 Å². The number of nitrogen functional groups attached to an aromatic ring is 1. The van der Waals surface area contributed by atoms with E-state index >= 15 is 0 Å². The van der Waals surface area contributed by atoms with Gasteiger partial charge in [0.05, 0.1) is 6.10 Å². The fraction of sp³-hybridized carbons (Fsp3) is 0.588. The van der Waals surface area contributed by atoms with Gasteiger partial charge in [0, 0.05) is 30.9 Å². The van der Waals surface area contributed by atoms with Gasteiger partial charge in [0.25, 0.3) is 0 Å². The van der Waals surface area contributed by atoms with Crippen LogP contribution in [0.2, 0.25) is 0 Å². The van der Waals surface area contributed by atoms with E-state index in [4.69, 9.17) is 10.5 Å². The molecule has 21 heavy (non-hydrogen) atoms. The molecule has 0 saturated heterocycles. The molecule has 116 valence electrons. The number of rotatable bonds is 7. The van der Waals surface area contributed by atoms with Crippen LogP contribution in [0.3, 0.4) is 0 Å². The van der Waals surface area contributed by atoms with E-state index in [0.717, 1.165) is 43.8 Å². The summed E-state index contributed by atoms with van der Waals surface area (Å²) in [6.07, 6.45) is 3.96. The minimum Gasteiger partial charge on any atom is -0.399 e. The fourth-order valence-corrected chi connectivity index (χ4v) is 2.85. The second-order valence-corrected chi connectivity index (χ2v) is 5.76. The standard InChI is InChI=1S/C17H26N2O2/c1-3-9-19(15-7-5-14(18)6-8-15)17(20)12-13-10-16(11-13)21-4-2/h5-8,13,16H,3-4,9-12,18H2,1-2H3. The lowest BCUT2D eigenvalue weighted by Crippen LogP contribution is -2.38. The summed E-state index contributed by atoms with van der Waals surface area (Å²) in [5, 5.41) is 0. The molecule has 1 amide bonds. The smallest absolute Gasteiger partial charge is 0.227 e. The van der Waals surface area contributed by atoms with E-state index in [1.54, 1.807) is 0 Å². The molecule has 0 spiro atoms. The molecule has 0 bridgehead atoms. The highest BCUT2D eigenvalue weighted by Gasteiger charge is 2.32. The summed E-state index contributed by atoms with van der Waals surface area (Å²) in [5.41, 5.74) is 7.38. The van der Waals surface area contributed by atoms with Crippen molar-refractivity contribution in [2.75, 3.05) is 23.8 Å². The first-order valence-corrected chi connectivity index (χ1v) is 7.91. The van der Waals surface area contributed by atoms with E-state index in [1.807, 2.05) is 36.1 Å². The molecule has 1 aromatic carbocycles. The molecular weight excluding hydrogens is 264 g/mol. The number of carbonyl (C=O) groups is 1. The Morgan fingerprint density at radius 1 is 1.29 bits per heavy atom. The maximum absolute atomic E-state index is 12.5. The zero-order chi connectivity index (χ0) is 15.2. The molecule has 0 radical (unpaired) electrons. The molecule has 0 aromatic heterocycles. The van der Waals surface area contributed by atoms with E-state index in [9.17, 15) is 4.79 Å². The molecule has 1 aliphatic carbocycles. The SMILES string of the molecule is CCCN(C(=O)CC1CC(OCC)C1)c1ccc(N)cc1. The number of nitrogens with zero attached hydrogens (tertiary/aromatic N) is 1. The van der Waals surface area contributed by atoms with Crippen molar-refractivity contribution in [3.63, 3.8) is 0 Å². The van der Waals surface area contributed by atoms with Gasteiger partial charge in [-0.3, -0.25) is 4.79 Å². The van der Waals surface area contributed by atoms with Crippen LogP contribution in [0.5, 0.6) is 0 Å². The number of amides is 1. The van der Waals surface area contributed by atoms with E-state index in [1.165, 1.54) is 0 Å².